The van der Waals surface area contributed by atoms with E-state index in [1.54, 1.807) is 36.7 Å². The largest absolute Gasteiger partial charge is 0.464 e. The van der Waals surface area contributed by atoms with Gasteiger partial charge in [0.1, 0.15) is 5.52 Å². The molecule has 0 atom stereocenters. The first kappa shape index (κ1) is 22.0. The normalized spacial score (nSPS) is 10.8. The van der Waals surface area contributed by atoms with Crippen LogP contribution in [0.4, 0.5) is 15.8 Å². The number of halogens is 3. The van der Waals surface area contributed by atoms with Gasteiger partial charge >= 0.3 is 5.97 Å². The van der Waals surface area contributed by atoms with Crippen LogP contribution in [0.1, 0.15) is 17.3 Å². The highest BCUT2D eigenvalue weighted by Crippen LogP contribution is 2.34. The molecule has 3 aromatic rings. The molecule has 0 radical (unpaired) electrons. The van der Waals surface area contributed by atoms with Crippen LogP contribution in [0.25, 0.3) is 11.0 Å². The minimum atomic E-state index is -0.767. The molecule has 0 saturated heterocycles. The molecular formula is C19H17BrClFN4O4. The second kappa shape index (κ2) is 9.41. The summed E-state index contributed by atoms with van der Waals surface area (Å²) in [6.45, 7) is 1.34. The molecule has 2 N–H and O–H groups in total. The lowest BCUT2D eigenvalue weighted by Gasteiger charge is -2.15. The summed E-state index contributed by atoms with van der Waals surface area (Å²) in [5, 5.41) is 3.17. The summed E-state index contributed by atoms with van der Waals surface area (Å²) in [6.07, 6.45) is 1.43. The summed E-state index contributed by atoms with van der Waals surface area (Å²) in [4.78, 5) is 33.0. The van der Waals surface area contributed by atoms with E-state index in [4.69, 9.17) is 21.2 Å². The van der Waals surface area contributed by atoms with Gasteiger partial charge in [-0.25, -0.2) is 19.6 Å². The lowest BCUT2D eigenvalue weighted by Crippen LogP contribution is -2.28. The molecule has 0 spiro atoms. The third-order valence-electron chi connectivity index (χ3n) is 4.06. The molecule has 1 aromatic heterocycles. The van der Waals surface area contributed by atoms with Gasteiger partial charge in [0.05, 0.1) is 40.4 Å². The zero-order valence-corrected chi connectivity index (χ0v) is 18.3. The maximum atomic E-state index is 15.3. The second-order valence-corrected chi connectivity index (χ2v) is 7.43. The fourth-order valence-electron chi connectivity index (χ4n) is 2.67. The summed E-state index contributed by atoms with van der Waals surface area (Å²) in [6, 6.07) is 6.44. The number of carbonyl (C=O) groups excluding carboxylic acids is 2. The van der Waals surface area contributed by atoms with Gasteiger partial charge in [0.2, 0.25) is 0 Å². The van der Waals surface area contributed by atoms with Crippen molar-refractivity contribution < 1.29 is 23.6 Å². The Morgan fingerprint density at radius 3 is 2.80 bits per heavy atom. The number of hydrogen-bond donors (Lipinski definition) is 2. The van der Waals surface area contributed by atoms with Crippen LogP contribution in [0.3, 0.4) is 0 Å². The molecule has 158 valence electrons. The summed E-state index contributed by atoms with van der Waals surface area (Å²) in [7, 11) is 1.67. The highest BCUT2D eigenvalue weighted by atomic mass is 79.9. The van der Waals surface area contributed by atoms with Crippen LogP contribution in [-0.4, -0.2) is 34.6 Å². The van der Waals surface area contributed by atoms with Crippen LogP contribution in [0.2, 0.25) is 5.02 Å². The summed E-state index contributed by atoms with van der Waals surface area (Å²) >= 11 is 9.53. The zero-order chi connectivity index (χ0) is 21.8. The van der Waals surface area contributed by atoms with Gasteiger partial charge in [-0.1, -0.05) is 27.5 Å². The second-order valence-electron chi connectivity index (χ2n) is 6.11. The fraction of sp³-hybridized carbons (Fsp3) is 0.211. The maximum Gasteiger partial charge on any atom is 0.334 e. The Morgan fingerprint density at radius 1 is 1.33 bits per heavy atom. The number of carbonyl (C=O) groups is 2. The summed E-state index contributed by atoms with van der Waals surface area (Å²) < 4.78 is 22.3. The minimum absolute atomic E-state index is 0.0635. The average Bonchev–Trinajstić information content (AvgIpc) is 3.06. The Balaban J connectivity index is 1.96. The average molecular weight is 500 g/mol. The number of fused-ring (bicyclic) bond motifs is 1. The van der Waals surface area contributed by atoms with Crippen molar-refractivity contribution in [3.63, 3.8) is 0 Å². The van der Waals surface area contributed by atoms with Gasteiger partial charge in [-0.05, 0) is 31.2 Å². The quantitative estimate of drug-likeness (QED) is 0.376. The number of imidazole rings is 1. The summed E-state index contributed by atoms with van der Waals surface area (Å²) in [5.74, 6) is -2.15. The number of aryl methyl sites for hydroxylation is 1. The number of anilines is 2. The topological polar surface area (TPSA) is 94.5 Å². The molecule has 0 unspecified atom stereocenters. The number of hydrogen-bond acceptors (Lipinski definition) is 6. The van der Waals surface area contributed by atoms with Gasteiger partial charge < -0.3 is 14.6 Å². The van der Waals surface area contributed by atoms with Crippen molar-refractivity contribution in [3.05, 3.63) is 51.5 Å². The first-order valence-electron chi connectivity index (χ1n) is 8.75. The molecule has 0 aliphatic heterocycles. The van der Waals surface area contributed by atoms with E-state index in [1.165, 1.54) is 12.4 Å². The third kappa shape index (κ3) is 4.72. The molecule has 1 heterocycles. The van der Waals surface area contributed by atoms with Gasteiger partial charge in [0.25, 0.3) is 5.91 Å². The van der Waals surface area contributed by atoms with Crippen molar-refractivity contribution in [3.8, 4) is 0 Å². The maximum absolute atomic E-state index is 15.3. The van der Waals surface area contributed by atoms with Crippen molar-refractivity contribution in [2.24, 2.45) is 7.05 Å². The first-order valence-corrected chi connectivity index (χ1v) is 9.92. The lowest BCUT2D eigenvalue weighted by atomic mass is 10.1. The Morgan fingerprint density at radius 2 is 2.10 bits per heavy atom. The fourth-order valence-corrected chi connectivity index (χ4v) is 3.39. The number of hydroxylamine groups is 1. The van der Waals surface area contributed by atoms with Crippen molar-refractivity contribution in [1.82, 2.24) is 15.0 Å². The van der Waals surface area contributed by atoms with E-state index < -0.39 is 24.3 Å². The summed E-state index contributed by atoms with van der Waals surface area (Å²) in [5.41, 5.74) is 2.79. The van der Waals surface area contributed by atoms with E-state index in [-0.39, 0.29) is 23.4 Å². The molecule has 0 aliphatic carbocycles. The van der Waals surface area contributed by atoms with E-state index in [2.05, 4.69) is 31.7 Å². The van der Waals surface area contributed by atoms with Crippen LogP contribution in [0.5, 0.6) is 0 Å². The number of nitrogens with one attached hydrogen (secondary N) is 2. The van der Waals surface area contributed by atoms with Crippen molar-refractivity contribution >= 4 is 61.8 Å². The monoisotopic (exact) mass is 498 g/mol. The van der Waals surface area contributed by atoms with E-state index in [9.17, 15) is 9.59 Å². The van der Waals surface area contributed by atoms with E-state index >= 15 is 4.39 Å². The van der Waals surface area contributed by atoms with E-state index in [1.807, 2.05) is 0 Å². The predicted molar refractivity (Wildman–Crippen MR) is 113 cm³/mol. The molecule has 30 heavy (non-hydrogen) atoms. The van der Waals surface area contributed by atoms with Gasteiger partial charge in [-0.2, -0.15) is 0 Å². The van der Waals surface area contributed by atoms with Crippen LogP contribution in [-0.2, 0) is 21.4 Å². The number of amides is 1. The number of esters is 1. The number of ether oxygens (including phenoxy) is 1. The number of aromatic nitrogens is 2. The van der Waals surface area contributed by atoms with E-state index in [0.29, 0.717) is 16.2 Å². The van der Waals surface area contributed by atoms with Gasteiger partial charge in [-0.15, -0.1) is 0 Å². The molecule has 0 fully saturated rings. The molecule has 2 aromatic carbocycles. The molecule has 0 saturated carbocycles. The molecule has 0 aliphatic rings. The van der Waals surface area contributed by atoms with Crippen LogP contribution in [0.15, 0.2) is 35.1 Å². The minimum Gasteiger partial charge on any atom is -0.464 e. The lowest BCUT2D eigenvalue weighted by molar-refractivity contribution is -0.150. The number of rotatable bonds is 7. The molecule has 8 nitrogen and oxygen atoms in total. The number of nitrogens with zero attached hydrogens (tertiary/aromatic N) is 2. The zero-order valence-electron chi connectivity index (χ0n) is 16.0. The highest BCUT2D eigenvalue weighted by Gasteiger charge is 2.22. The highest BCUT2D eigenvalue weighted by molar-refractivity contribution is 9.10. The SMILES string of the molecule is CCOC(=O)CONC(=O)c1cc2c(ncn2C)c(F)c1Nc1ccc(Br)cc1Cl. The smallest absolute Gasteiger partial charge is 0.334 e. The third-order valence-corrected chi connectivity index (χ3v) is 4.86. The molecule has 11 heteroatoms. The standard InChI is InChI=1S/C19H17BrClFN4O4/c1-3-29-15(27)8-30-25-19(28)11-7-14-18(23-9-26(14)2)16(22)17(11)24-13-5-4-10(20)6-12(13)21/h4-7,9,24H,3,8H2,1-2H3,(H,25,28). The predicted octanol–water partition coefficient (Wildman–Crippen LogP) is 4.10. The van der Waals surface area contributed by atoms with Gasteiger partial charge in [-0.3, -0.25) is 9.63 Å². The van der Waals surface area contributed by atoms with Gasteiger partial charge in [0.15, 0.2) is 12.4 Å². The van der Waals surface area contributed by atoms with E-state index in [0.717, 1.165) is 4.47 Å². The Kier molecular flexibility index (Phi) is 6.91. The molecule has 1 amide bonds. The van der Waals surface area contributed by atoms with Crippen molar-refractivity contribution in [2.75, 3.05) is 18.5 Å². The van der Waals surface area contributed by atoms with Crippen LogP contribution in [0, 0.1) is 5.82 Å². The van der Waals surface area contributed by atoms with Gasteiger partial charge in [0, 0.05) is 11.5 Å². The molecular weight excluding hydrogens is 483 g/mol. The van der Waals surface area contributed by atoms with Crippen LogP contribution < -0.4 is 10.8 Å². The Bertz CT molecular complexity index is 1120. The Hall–Kier alpha value is -2.69. The van der Waals surface area contributed by atoms with Crippen LogP contribution >= 0.6 is 27.5 Å². The van der Waals surface area contributed by atoms with Crippen molar-refractivity contribution in [2.45, 2.75) is 6.92 Å². The first-order chi connectivity index (χ1) is 14.3. The molecule has 0 bridgehead atoms. The Labute approximate surface area is 184 Å². The van der Waals surface area contributed by atoms with Crippen molar-refractivity contribution in [1.29, 1.82) is 0 Å². The number of benzene rings is 2. The molecule has 3 rings (SSSR count).